The highest BCUT2D eigenvalue weighted by Gasteiger charge is 2.10. The highest BCUT2D eigenvalue weighted by atomic mass is 16.3. The second-order valence-electron chi connectivity index (χ2n) is 8.90. The first-order chi connectivity index (χ1) is 17.1. The van der Waals surface area contributed by atoms with Gasteiger partial charge in [0.25, 0.3) is 5.91 Å². The van der Waals surface area contributed by atoms with E-state index < -0.39 is 0 Å². The van der Waals surface area contributed by atoms with Crippen molar-refractivity contribution in [2.24, 2.45) is 0 Å². The number of anilines is 1. The van der Waals surface area contributed by atoms with E-state index in [0.29, 0.717) is 24.9 Å². The number of carbonyl (C=O) groups is 1. The maximum Gasteiger partial charge on any atom is 0.255 e. The van der Waals surface area contributed by atoms with Crippen molar-refractivity contribution in [3.63, 3.8) is 0 Å². The minimum Gasteiger partial charge on any atom is -0.396 e. The summed E-state index contributed by atoms with van der Waals surface area (Å²) in [4.78, 5) is 12.9. The first kappa shape index (κ1) is 24.6. The lowest BCUT2D eigenvalue weighted by molar-refractivity contribution is 0.102. The molecule has 0 aliphatic heterocycles. The molecule has 0 saturated carbocycles. The Kier molecular flexibility index (Phi) is 8.27. The van der Waals surface area contributed by atoms with Gasteiger partial charge in [0.05, 0.1) is 0 Å². The second kappa shape index (κ2) is 11.8. The number of carbonyl (C=O) groups excluding carboxylic acids is 1. The first-order valence-corrected chi connectivity index (χ1v) is 12.0. The molecule has 180 valence electrons. The molecule has 4 rings (SSSR count). The van der Waals surface area contributed by atoms with Gasteiger partial charge in [0.2, 0.25) is 0 Å². The van der Waals surface area contributed by atoms with Gasteiger partial charge in [-0.1, -0.05) is 60.2 Å². The third-order valence-electron chi connectivity index (χ3n) is 6.25. The van der Waals surface area contributed by atoms with Gasteiger partial charge in [-0.15, -0.1) is 0 Å². The van der Waals surface area contributed by atoms with Gasteiger partial charge in [-0.2, -0.15) is 0 Å². The van der Waals surface area contributed by atoms with Crippen LogP contribution in [-0.4, -0.2) is 35.4 Å². The van der Waals surface area contributed by atoms with E-state index in [9.17, 15) is 4.79 Å². The molecule has 0 fully saturated rings. The standard InChI is InChI=1S/C30H32N2O3/c1-21-2-6-23(7-3-21)25-10-8-24-9-11-26(19-27(24)18-25)30(35)32-29-12-4-22(5-13-29)20-31-28(14-16-33)15-17-34/h2-13,18-19,28,31,33-34H,14-17,20H2,1H3,(H,32,35). The third-order valence-corrected chi connectivity index (χ3v) is 6.25. The number of aliphatic hydroxyl groups excluding tert-OH is 2. The van der Waals surface area contributed by atoms with Crippen LogP contribution in [0, 0.1) is 6.92 Å². The smallest absolute Gasteiger partial charge is 0.255 e. The first-order valence-electron chi connectivity index (χ1n) is 12.0. The molecule has 0 aromatic heterocycles. The molecule has 1 amide bonds. The molecule has 0 unspecified atom stereocenters. The zero-order chi connectivity index (χ0) is 24.6. The largest absolute Gasteiger partial charge is 0.396 e. The summed E-state index contributed by atoms with van der Waals surface area (Å²) in [7, 11) is 0. The van der Waals surface area contributed by atoms with Crippen LogP contribution in [0.5, 0.6) is 0 Å². The lowest BCUT2D eigenvalue weighted by atomic mass is 9.99. The number of hydrogen-bond donors (Lipinski definition) is 4. The number of nitrogens with one attached hydrogen (secondary N) is 2. The van der Waals surface area contributed by atoms with Crippen LogP contribution in [0.3, 0.4) is 0 Å². The van der Waals surface area contributed by atoms with Crippen molar-refractivity contribution >= 4 is 22.4 Å². The fourth-order valence-corrected chi connectivity index (χ4v) is 4.15. The molecular weight excluding hydrogens is 436 g/mol. The number of rotatable bonds is 10. The van der Waals surface area contributed by atoms with Gasteiger partial charge in [-0.25, -0.2) is 0 Å². The van der Waals surface area contributed by atoms with E-state index in [4.69, 9.17) is 10.2 Å². The van der Waals surface area contributed by atoms with Crippen LogP contribution in [0.4, 0.5) is 5.69 Å². The van der Waals surface area contributed by atoms with E-state index >= 15 is 0 Å². The van der Waals surface area contributed by atoms with Crippen molar-refractivity contribution < 1.29 is 15.0 Å². The highest BCUT2D eigenvalue weighted by Crippen LogP contribution is 2.26. The molecule has 5 heteroatoms. The van der Waals surface area contributed by atoms with E-state index in [0.717, 1.165) is 33.2 Å². The molecule has 0 atom stereocenters. The Balaban J connectivity index is 1.42. The zero-order valence-electron chi connectivity index (χ0n) is 20.0. The summed E-state index contributed by atoms with van der Waals surface area (Å²) < 4.78 is 0. The van der Waals surface area contributed by atoms with Crippen molar-refractivity contribution in [3.8, 4) is 11.1 Å². The Hall–Kier alpha value is -3.51. The van der Waals surface area contributed by atoms with Gasteiger partial charge in [-0.05, 0) is 77.6 Å². The molecule has 35 heavy (non-hydrogen) atoms. The number of amides is 1. The van der Waals surface area contributed by atoms with Crippen LogP contribution < -0.4 is 10.6 Å². The number of aryl methyl sites for hydroxylation is 1. The summed E-state index contributed by atoms with van der Waals surface area (Å²) in [5, 5.41) is 26.7. The third kappa shape index (κ3) is 6.55. The van der Waals surface area contributed by atoms with Crippen molar-refractivity contribution in [2.45, 2.75) is 32.4 Å². The fraction of sp³-hybridized carbons (Fsp3) is 0.233. The van der Waals surface area contributed by atoms with Crippen molar-refractivity contribution in [3.05, 3.63) is 102 Å². The van der Waals surface area contributed by atoms with Gasteiger partial charge in [-0.3, -0.25) is 4.79 Å². The monoisotopic (exact) mass is 468 g/mol. The zero-order valence-corrected chi connectivity index (χ0v) is 20.0. The molecule has 0 saturated heterocycles. The summed E-state index contributed by atoms with van der Waals surface area (Å²) in [6.07, 6.45) is 1.21. The molecule has 0 radical (unpaired) electrons. The SMILES string of the molecule is Cc1ccc(-c2ccc3ccc(C(=O)Nc4ccc(CNC(CCO)CCO)cc4)cc3c2)cc1. The minimum atomic E-state index is -0.149. The van der Waals surface area contributed by atoms with Crippen molar-refractivity contribution in [1.29, 1.82) is 0 Å². The predicted octanol–water partition coefficient (Wildman–Crippen LogP) is 5.29. The van der Waals surface area contributed by atoms with Crippen LogP contribution in [-0.2, 0) is 6.54 Å². The van der Waals surface area contributed by atoms with E-state index in [1.165, 1.54) is 5.56 Å². The van der Waals surface area contributed by atoms with Gasteiger partial charge in [0, 0.05) is 37.1 Å². The molecule has 0 aliphatic carbocycles. The van der Waals surface area contributed by atoms with E-state index in [1.54, 1.807) is 0 Å². The molecule has 0 aliphatic rings. The fourth-order valence-electron chi connectivity index (χ4n) is 4.15. The van der Waals surface area contributed by atoms with Gasteiger partial charge in [0.15, 0.2) is 0 Å². The Morgan fingerprint density at radius 2 is 1.43 bits per heavy atom. The molecule has 0 heterocycles. The Morgan fingerprint density at radius 1 is 0.771 bits per heavy atom. The van der Waals surface area contributed by atoms with Crippen LogP contribution in [0.25, 0.3) is 21.9 Å². The summed E-state index contributed by atoms with van der Waals surface area (Å²) in [6.45, 7) is 2.88. The van der Waals surface area contributed by atoms with Gasteiger partial charge >= 0.3 is 0 Å². The normalized spacial score (nSPS) is 11.2. The van der Waals surface area contributed by atoms with Gasteiger partial charge < -0.3 is 20.8 Å². The highest BCUT2D eigenvalue weighted by molar-refractivity contribution is 6.06. The minimum absolute atomic E-state index is 0.0730. The lowest BCUT2D eigenvalue weighted by Gasteiger charge is -2.16. The van der Waals surface area contributed by atoms with E-state index in [-0.39, 0.29) is 25.2 Å². The van der Waals surface area contributed by atoms with E-state index in [2.05, 4.69) is 60.0 Å². The Labute approximate surface area is 206 Å². The maximum atomic E-state index is 12.9. The molecule has 0 spiro atoms. The van der Waals surface area contributed by atoms with E-state index in [1.807, 2.05) is 42.5 Å². The van der Waals surface area contributed by atoms with Crippen LogP contribution in [0.2, 0.25) is 0 Å². The van der Waals surface area contributed by atoms with Crippen LogP contribution >= 0.6 is 0 Å². The topological polar surface area (TPSA) is 81.6 Å². The quantitative estimate of drug-likeness (QED) is 0.255. The average molecular weight is 469 g/mol. The van der Waals surface area contributed by atoms with Crippen LogP contribution in [0.15, 0.2) is 84.9 Å². The summed E-state index contributed by atoms with van der Waals surface area (Å²) >= 11 is 0. The number of fused-ring (bicyclic) bond motifs is 1. The predicted molar refractivity (Wildman–Crippen MR) is 143 cm³/mol. The molecular formula is C30H32N2O3. The summed E-state index contributed by atoms with van der Waals surface area (Å²) in [5.41, 5.74) is 5.92. The summed E-state index contributed by atoms with van der Waals surface area (Å²) in [5.74, 6) is -0.149. The molecule has 4 N–H and O–H groups in total. The maximum absolute atomic E-state index is 12.9. The van der Waals surface area contributed by atoms with Crippen LogP contribution in [0.1, 0.15) is 34.3 Å². The molecule has 0 bridgehead atoms. The Morgan fingerprint density at radius 3 is 2.11 bits per heavy atom. The lowest BCUT2D eigenvalue weighted by Crippen LogP contribution is -2.30. The number of hydrogen-bond acceptors (Lipinski definition) is 4. The van der Waals surface area contributed by atoms with Gasteiger partial charge in [0.1, 0.15) is 0 Å². The molecule has 4 aromatic carbocycles. The Bertz CT molecular complexity index is 1260. The molecule has 5 nitrogen and oxygen atoms in total. The summed E-state index contributed by atoms with van der Waals surface area (Å²) in [6, 6.07) is 28.3. The average Bonchev–Trinajstić information content (AvgIpc) is 2.88. The molecule has 4 aromatic rings. The number of benzene rings is 4. The second-order valence-corrected chi connectivity index (χ2v) is 8.90. The number of aliphatic hydroxyl groups is 2. The van der Waals surface area contributed by atoms with Crippen molar-refractivity contribution in [2.75, 3.05) is 18.5 Å². The van der Waals surface area contributed by atoms with Crippen molar-refractivity contribution in [1.82, 2.24) is 5.32 Å².